The van der Waals surface area contributed by atoms with E-state index in [4.69, 9.17) is 0 Å². The molecule has 0 unspecified atom stereocenters. The summed E-state index contributed by atoms with van der Waals surface area (Å²) < 4.78 is 4.11. The molecule has 0 N–H and O–H groups in total. The van der Waals surface area contributed by atoms with Crippen LogP contribution in [0.25, 0.3) is 5.65 Å². The second kappa shape index (κ2) is 4.56. The van der Waals surface area contributed by atoms with Crippen molar-refractivity contribution in [3.8, 4) is 0 Å². The summed E-state index contributed by atoms with van der Waals surface area (Å²) in [7, 11) is 0. The average Bonchev–Trinajstić information content (AvgIpc) is 2.67. The smallest absolute Gasteiger partial charge is 0.250 e. The van der Waals surface area contributed by atoms with Crippen molar-refractivity contribution in [2.45, 2.75) is 6.54 Å². The van der Waals surface area contributed by atoms with E-state index < -0.39 is 0 Å². The van der Waals surface area contributed by atoms with Crippen molar-refractivity contribution < 1.29 is 0 Å². The maximum Gasteiger partial charge on any atom is 0.350 e. The van der Waals surface area contributed by atoms with E-state index in [0.717, 1.165) is 9.13 Å². The molecule has 0 saturated carbocycles. The van der Waals surface area contributed by atoms with E-state index in [2.05, 4.69) is 27.7 Å². The Morgan fingerprint density at radius 1 is 1.17 bits per heavy atom. The van der Waals surface area contributed by atoms with Gasteiger partial charge in [-0.3, -0.25) is 4.40 Å². The summed E-state index contributed by atoms with van der Waals surface area (Å²) in [4.78, 5) is 12.1. The largest absolute Gasteiger partial charge is 0.350 e. The summed E-state index contributed by atoms with van der Waals surface area (Å²) in [5.74, 6) is 0. The van der Waals surface area contributed by atoms with E-state index in [-0.39, 0.29) is 5.69 Å². The SMILES string of the molecule is O=c1n(Cc2ccccc2)nc2cc(I)ccn12. The standard InChI is InChI=1S/C13H10IN3O/c14-11-6-7-16-12(8-11)15-17(13(16)18)9-10-4-2-1-3-5-10/h1-8H,9H2. The molecule has 18 heavy (non-hydrogen) atoms. The molecule has 2 aromatic heterocycles. The number of aromatic nitrogens is 3. The third kappa shape index (κ3) is 2.05. The minimum absolute atomic E-state index is 0.106. The molecule has 0 atom stereocenters. The van der Waals surface area contributed by atoms with Gasteiger partial charge in [0.05, 0.1) is 6.54 Å². The van der Waals surface area contributed by atoms with Gasteiger partial charge in [0, 0.05) is 9.77 Å². The van der Waals surface area contributed by atoms with Crippen LogP contribution in [-0.2, 0) is 6.54 Å². The third-order valence-corrected chi connectivity index (χ3v) is 3.39. The van der Waals surface area contributed by atoms with Crippen LogP contribution in [0.2, 0.25) is 0 Å². The first-order chi connectivity index (χ1) is 8.74. The fourth-order valence-corrected chi connectivity index (χ4v) is 2.29. The number of nitrogens with zero attached hydrogens (tertiary/aromatic N) is 3. The average molecular weight is 351 g/mol. The summed E-state index contributed by atoms with van der Waals surface area (Å²) in [6.07, 6.45) is 1.76. The van der Waals surface area contributed by atoms with Crippen molar-refractivity contribution in [3.05, 3.63) is 68.3 Å². The van der Waals surface area contributed by atoms with E-state index >= 15 is 0 Å². The molecule has 3 rings (SSSR count). The van der Waals surface area contributed by atoms with Crippen LogP contribution in [0.1, 0.15) is 5.56 Å². The summed E-state index contributed by atoms with van der Waals surface area (Å²) in [6.45, 7) is 0.498. The lowest BCUT2D eigenvalue weighted by molar-refractivity contribution is 0.659. The summed E-state index contributed by atoms with van der Waals surface area (Å²) in [6, 6.07) is 13.6. The fraction of sp³-hybridized carbons (Fsp3) is 0.0769. The molecule has 0 fully saturated rings. The molecule has 0 radical (unpaired) electrons. The Bertz CT molecular complexity index is 746. The predicted octanol–water partition coefficient (Wildman–Crippen LogP) is 2.15. The Labute approximate surface area is 117 Å². The van der Waals surface area contributed by atoms with Gasteiger partial charge in [-0.15, -0.1) is 5.10 Å². The Kier molecular flexibility index (Phi) is 2.91. The van der Waals surface area contributed by atoms with E-state index in [0.29, 0.717) is 12.2 Å². The molecule has 3 aromatic rings. The van der Waals surface area contributed by atoms with Crippen LogP contribution in [0.3, 0.4) is 0 Å². The van der Waals surface area contributed by atoms with Gasteiger partial charge in [-0.2, -0.15) is 0 Å². The molecule has 0 aliphatic heterocycles. The number of benzene rings is 1. The monoisotopic (exact) mass is 351 g/mol. The normalized spacial score (nSPS) is 10.9. The summed E-state index contributed by atoms with van der Waals surface area (Å²) in [5, 5.41) is 4.33. The van der Waals surface area contributed by atoms with E-state index in [9.17, 15) is 4.79 Å². The van der Waals surface area contributed by atoms with Crippen molar-refractivity contribution in [2.75, 3.05) is 0 Å². The second-order valence-electron chi connectivity index (χ2n) is 4.00. The fourth-order valence-electron chi connectivity index (χ4n) is 1.85. The molecular formula is C13H10IN3O. The zero-order valence-electron chi connectivity index (χ0n) is 9.45. The molecule has 0 aliphatic carbocycles. The predicted molar refractivity (Wildman–Crippen MR) is 77.7 cm³/mol. The van der Waals surface area contributed by atoms with Crippen LogP contribution >= 0.6 is 22.6 Å². The first-order valence-corrected chi connectivity index (χ1v) is 6.60. The number of halogens is 1. The van der Waals surface area contributed by atoms with Gasteiger partial charge in [-0.05, 0) is 40.3 Å². The van der Waals surface area contributed by atoms with Gasteiger partial charge in [0.15, 0.2) is 5.65 Å². The molecule has 90 valence electrons. The van der Waals surface area contributed by atoms with Gasteiger partial charge >= 0.3 is 5.69 Å². The molecule has 0 spiro atoms. The Morgan fingerprint density at radius 3 is 2.72 bits per heavy atom. The van der Waals surface area contributed by atoms with Crippen LogP contribution < -0.4 is 5.69 Å². The van der Waals surface area contributed by atoms with Gasteiger partial charge in [0.2, 0.25) is 0 Å². The first kappa shape index (κ1) is 11.5. The molecule has 1 aromatic carbocycles. The highest BCUT2D eigenvalue weighted by molar-refractivity contribution is 14.1. The lowest BCUT2D eigenvalue weighted by Gasteiger charge is -1.98. The highest BCUT2D eigenvalue weighted by atomic mass is 127. The number of rotatable bonds is 2. The first-order valence-electron chi connectivity index (χ1n) is 5.53. The highest BCUT2D eigenvalue weighted by Gasteiger charge is 2.06. The minimum atomic E-state index is -0.106. The summed E-state index contributed by atoms with van der Waals surface area (Å²) in [5.41, 5.74) is 1.64. The number of hydrogen-bond donors (Lipinski definition) is 0. The van der Waals surface area contributed by atoms with Crippen LogP contribution in [0, 0.1) is 3.57 Å². The Morgan fingerprint density at radius 2 is 1.94 bits per heavy atom. The Balaban J connectivity index is 2.08. The van der Waals surface area contributed by atoms with Gasteiger partial charge in [-0.25, -0.2) is 9.48 Å². The van der Waals surface area contributed by atoms with Crippen LogP contribution in [0.5, 0.6) is 0 Å². The van der Waals surface area contributed by atoms with Gasteiger partial charge in [-0.1, -0.05) is 30.3 Å². The van der Waals surface area contributed by atoms with Gasteiger partial charge in [0.25, 0.3) is 0 Å². The van der Waals surface area contributed by atoms with Crippen molar-refractivity contribution in [2.24, 2.45) is 0 Å². The topological polar surface area (TPSA) is 39.3 Å². The molecule has 0 saturated heterocycles. The maximum absolute atomic E-state index is 12.1. The molecule has 0 aliphatic rings. The zero-order valence-corrected chi connectivity index (χ0v) is 11.6. The molecule has 4 nitrogen and oxygen atoms in total. The van der Waals surface area contributed by atoms with Crippen molar-refractivity contribution in [3.63, 3.8) is 0 Å². The van der Waals surface area contributed by atoms with E-state index in [1.807, 2.05) is 42.5 Å². The molecule has 2 heterocycles. The maximum atomic E-state index is 12.1. The number of hydrogen-bond acceptors (Lipinski definition) is 2. The molecule has 5 heteroatoms. The lowest BCUT2D eigenvalue weighted by atomic mass is 10.2. The van der Waals surface area contributed by atoms with Crippen molar-refractivity contribution >= 4 is 28.2 Å². The summed E-state index contributed by atoms with van der Waals surface area (Å²) >= 11 is 2.21. The quantitative estimate of drug-likeness (QED) is 0.664. The van der Waals surface area contributed by atoms with Crippen LogP contribution in [0.15, 0.2) is 53.5 Å². The minimum Gasteiger partial charge on any atom is -0.250 e. The van der Waals surface area contributed by atoms with Crippen LogP contribution in [-0.4, -0.2) is 14.2 Å². The highest BCUT2D eigenvalue weighted by Crippen LogP contribution is 2.06. The molecule has 0 amide bonds. The van der Waals surface area contributed by atoms with Gasteiger partial charge < -0.3 is 0 Å². The van der Waals surface area contributed by atoms with Crippen molar-refractivity contribution in [1.29, 1.82) is 0 Å². The number of pyridine rings is 1. The number of fused-ring (bicyclic) bond motifs is 1. The molecule has 0 bridgehead atoms. The van der Waals surface area contributed by atoms with E-state index in [1.165, 1.54) is 4.68 Å². The van der Waals surface area contributed by atoms with Crippen molar-refractivity contribution in [1.82, 2.24) is 14.2 Å². The molecular weight excluding hydrogens is 341 g/mol. The third-order valence-electron chi connectivity index (χ3n) is 2.72. The second-order valence-corrected chi connectivity index (χ2v) is 5.24. The van der Waals surface area contributed by atoms with Crippen LogP contribution in [0.4, 0.5) is 0 Å². The zero-order chi connectivity index (χ0) is 12.5. The van der Waals surface area contributed by atoms with E-state index in [1.54, 1.807) is 10.6 Å². The lowest BCUT2D eigenvalue weighted by Crippen LogP contribution is -2.21. The van der Waals surface area contributed by atoms with Gasteiger partial charge in [0.1, 0.15) is 0 Å². The Hall–Kier alpha value is -1.63.